The van der Waals surface area contributed by atoms with E-state index < -0.39 is 0 Å². The molecule has 6 heteroatoms. The van der Waals surface area contributed by atoms with Gasteiger partial charge in [-0.15, -0.1) is 0 Å². The lowest BCUT2D eigenvalue weighted by atomic mass is 9.96. The molecule has 1 aromatic heterocycles. The van der Waals surface area contributed by atoms with Gasteiger partial charge in [-0.1, -0.05) is 37.6 Å². The van der Waals surface area contributed by atoms with Crippen LogP contribution in [0.4, 0.5) is 5.69 Å². The zero-order chi connectivity index (χ0) is 20.6. The molecular formula is C23H27N3O2S. The second kappa shape index (κ2) is 10.3. The smallest absolute Gasteiger partial charge is 0.237 e. The minimum Gasteiger partial charge on any atom is -0.497 e. The second-order valence-corrected chi connectivity index (χ2v) is 8.40. The van der Waals surface area contributed by atoms with E-state index in [9.17, 15) is 10.1 Å². The van der Waals surface area contributed by atoms with Crippen LogP contribution in [0.15, 0.2) is 35.4 Å². The van der Waals surface area contributed by atoms with Gasteiger partial charge < -0.3 is 10.1 Å². The molecule has 0 fully saturated rings. The number of nitrogens with zero attached hydrogens (tertiary/aromatic N) is 2. The van der Waals surface area contributed by atoms with Crippen molar-refractivity contribution in [2.24, 2.45) is 0 Å². The number of hydrogen-bond acceptors (Lipinski definition) is 5. The van der Waals surface area contributed by atoms with Crippen LogP contribution in [-0.2, 0) is 17.6 Å². The van der Waals surface area contributed by atoms with E-state index in [1.807, 2.05) is 31.2 Å². The van der Waals surface area contributed by atoms with Gasteiger partial charge in [0.05, 0.1) is 17.9 Å². The van der Waals surface area contributed by atoms with Gasteiger partial charge in [0, 0.05) is 17.4 Å². The number of nitriles is 1. The van der Waals surface area contributed by atoms with Crippen LogP contribution >= 0.6 is 11.8 Å². The minimum atomic E-state index is -0.326. The Morgan fingerprint density at radius 2 is 2.07 bits per heavy atom. The number of rotatable bonds is 6. The molecule has 1 aromatic carbocycles. The summed E-state index contributed by atoms with van der Waals surface area (Å²) in [5.74, 6) is 0.599. The Labute approximate surface area is 176 Å². The number of thioether (sulfide) groups is 1. The van der Waals surface area contributed by atoms with Crippen LogP contribution in [0.2, 0.25) is 0 Å². The van der Waals surface area contributed by atoms with E-state index in [0.717, 1.165) is 31.4 Å². The van der Waals surface area contributed by atoms with Crippen LogP contribution < -0.4 is 10.1 Å². The molecule has 1 aliphatic carbocycles. The lowest BCUT2D eigenvalue weighted by molar-refractivity contribution is -0.115. The number of fused-ring (bicyclic) bond motifs is 1. The summed E-state index contributed by atoms with van der Waals surface area (Å²) in [6, 6.07) is 11.6. The monoisotopic (exact) mass is 409 g/mol. The molecule has 1 heterocycles. The maximum Gasteiger partial charge on any atom is 0.237 e. The first-order valence-corrected chi connectivity index (χ1v) is 11.1. The molecule has 5 nitrogen and oxygen atoms in total. The summed E-state index contributed by atoms with van der Waals surface area (Å²) in [5, 5.41) is 12.9. The molecule has 0 saturated heterocycles. The number of pyridine rings is 1. The van der Waals surface area contributed by atoms with Gasteiger partial charge in [-0.25, -0.2) is 4.98 Å². The number of benzene rings is 1. The Morgan fingerprint density at radius 3 is 2.79 bits per heavy atom. The number of amides is 1. The molecule has 152 valence electrons. The number of nitrogens with one attached hydrogen (secondary N) is 1. The number of anilines is 1. The van der Waals surface area contributed by atoms with Gasteiger partial charge >= 0.3 is 0 Å². The maximum atomic E-state index is 12.9. The molecule has 29 heavy (non-hydrogen) atoms. The van der Waals surface area contributed by atoms with Crippen molar-refractivity contribution in [3.63, 3.8) is 0 Å². The number of methoxy groups -OCH3 is 1. The van der Waals surface area contributed by atoms with Gasteiger partial charge in [0.1, 0.15) is 16.8 Å². The number of aromatic nitrogens is 1. The third-order valence-corrected chi connectivity index (χ3v) is 6.51. The summed E-state index contributed by atoms with van der Waals surface area (Å²) < 4.78 is 5.22. The number of ether oxygens (including phenoxy) is 1. The average molecular weight is 410 g/mol. The SMILES string of the molecule is CCC(Sc1nc2c(cc1C#N)CCCCCC2)C(=O)Nc1cccc(OC)c1. The van der Waals surface area contributed by atoms with E-state index in [0.29, 0.717) is 28.4 Å². The fourth-order valence-electron chi connectivity index (χ4n) is 3.52. The average Bonchev–Trinajstić information content (AvgIpc) is 2.72. The van der Waals surface area contributed by atoms with E-state index in [2.05, 4.69) is 11.4 Å². The predicted molar refractivity (Wildman–Crippen MR) is 116 cm³/mol. The lowest BCUT2D eigenvalue weighted by Crippen LogP contribution is -2.25. The van der Waals surface area contributed by atoms with Gasteiger partial charge in [0.25, 0.3) is 0 Å². The normalized spacial score (nSPS) is 14.7. The molecule has 1 unspecified atom stereocenters. The van der Waals surface area contributed by atoms with Crippen molar-refractivity contribution < 1.29 is 9.53 Å². The second-order valence-electron chi connectivity index (χ2n) is 7.21. The standard InChI is InChI=1S/C23H27N3O2S/c1-3-21(22(27)25-18-10-8-11-19(14-18)28-2)29-23-17(15-24)13-16-9-6-4-5-7-12-20(16)26-23/h8,10-11,13-14,21H,3-7,9,12H2,1-2H3,(H,25,27). The highest BCUT2D eigenvalue weighted by atomic mass is 32.2. The van der Waals surface area contributed by atoms with Gasteiger partial charge in [-0.05, 0) is 55.9 Å². The lowest BCUT2D eigenvalue weighted by Gasteiger charge is -2.18. The molecule has 1 amide bonds. The Kier molecular flexibility index (Phi) is 7.54. The molecule has 0 spiro atoms. The highest BCUT2D eigenvalue weighted by molar-refractivity contribution is 8.00. The topological polar surface area (TPSA) is 75.0 Å². The fourth-order valence-corrected chi connectivity index (χ4v) is 4.52. The summed E-state index contributed by atoms with van der Waals surface area (Å²) >= 11 is 1.39. The largest absolute Gasteiger partial charge is 0.497 e. The van der Waals surface area contributed by atoms with Crippen molar-refractivity contribution in [2.45, 2.75) is 62.1 Å². The molecule has 0 saturated carbocycles. The van der Waals surface area contributed by atoms with Crippen molar-refractivity contribution in [3.05, 3.63) is 47.2 Å². The van der Waals surface area contributed by atoms with E-state index in [1.165, 1.54) is 30.2 Å². The van der Waals surface area contributed by atoms with Crippen molar-refractivity contribution in [1.29, 1.82) is 5.26 Å². The zero-order valence-corrected chi connectivity index (χ0v) is 17.8. The number of hydrogen-bond donors (Lipinski definition) is 1. The van der Waals surface area contributed by atoms with Gasteiger partial charge in [0.15, 0.2) is 0 Å². The predicted octanol–water partition coefficient (Wildman–Crippen LogP) is 5.13. The first-order chi connectivity index (χ1) is 14.1. The van der Waals surface area contributed by atoms with Crippen LogP contribution in [0, 0.1) is 11.3 Å². The van der Waals surface area contributed by atoms with Crippen LogP contribution in [0.5, 0.6) is 5.75 Å². The van der Waals surface area contributed by atoms with E-state index in [1.54, 1.807) is 13.2 Å². The fraction of sp³-hybridized carbons (Fsp3) is 0.435. The van der Waals surface area contributed by atoms with Gasteiger partial charge in [0.2, 0.25) is 5.91 Å². The zero-order valence-electron chi connectivity index (χ0n) is 17.0. The van der Waals surface area contributed by atoms with Crippen LogP contribution in [0.3, 0.4) is 0 Å². The molecular weight excluding hydrogens is 382 g/mol. The molecule has 1 atom stereocenters. The van der Waals surface area contributed by atoms with Crippen molar-refractivity contribution in [1.82, 2.24) is 4.98 Å². The summed E-state index contributed by atoms with van der Waals surface area (Å²) in [7, 11) is 1.60. The third-order valence-electron chi connectivity index (χ3n) is 5.14. The molecule has 1 N–H and O–H groups in total. The quantitative estimate of drug-likeness (QED) is 0.670. The Hall–Kier alpha value is -2.52. The van der Waals surface area contributed by atoms with Crippen molar-refractivity contribution in [2.75, 3.05) is 12.4 Å². The number of carbonyl (C=O) groups excluding carboxylic acids is 1. The van der Waals surface area contributed by atoms with Gasteiger partial charge in [-0.3, -0.25) is 4.79 Å². The minimum absolute atomic E-state index is 0.0943. The summed E-state index contributed by atoms with van der Waals surface area (Å²) in [5.41, 5.74) is 3.55. The molecule has 0 radical (unpaired) electrons. The first kappa shape index (κ1) is 21.2. The molecule has 0 aliphatic heterocycles. The Balaban J connectivity index is 1.79. The van der Waals surface area contributed by atoms with Gasteiger partial charge in [-0.2, -0.15) is 5.26 Å². The van der Waals surface area contributed by atoms with E-state index in [-0.39, 0.29) is 11.2 Å². The first-order valence-electron chi connectivity index (χ1n) is 10.2. The van der Waals surface area contributed by atoms with E-state index in [4.69, 9.17) is 9.72 Å². The number of aryl methyl sites for hydroxylation is 2. The molecule has 2 aromatic rings. The summed E-state index contributed by atoms with van der Waals surface area (Å²) in [6.45, 7) is 1.97. The molecule has 0 bridgehead atoms. The van der Waals surface area contributed by atoms with Crippen LogP contribution in [-0.4, -0.2) is 23.3 Å². The Morgan fingerprint density at radius 1 is 1.28 bits per heavy atom. The Bertz CT molecular complexity index is 907. The van der Waals surface area contributed by atoms with Crippen molar-refractivity contribution >= 4 is 23.4 Å². The van der Waals surface area contributed by atoms with E-state index >= 15 is 0 Å². The maximum absolute atomic E-state index is 12.9. The molecule has 1 aliphatic rings. The molecule has 3 rings (SSSR count). The summed E-state index contributed by atoms with van der Waals surface area (Å²) in [6.07, 6.45) is 7.31. The number of carbonyl (C=O) groups is 1. The van der Waals surface area contributed by atoms with Crippen LogP contribution in [0.1, 0.15) is 55.8 Å². The van der Waals surface area contributed by atoms with Crippen LogP contribution in [0.25, 0.3) is 0 Å². The highest BCUT2D eigenvalue weighted by Crippen LogP contribution is 2.31. The highest BCUT2D eigenvalue weighted by Gasteiger charge is 2.22. The summed E-state index contributed by atoms with van der Waals surface area (Å²) in [4.78, 5) is 17.7. The third kappa shape index (κ3) is 5.51. The van der Waals surface area contributed by atoms with Crippen molar-refractivity contribution in [3.8, 4) is 11.8 Å².